The molecule has 0 fully saturated rings. The average molecular weight is 293 g/mol. The Labute approximate surface area is 127 Å². The Hall–Kier alpha value is -1.46. The highest BCUT2D eigenvalue weighted by atomic mass is 16.6. The van der Waals surface area contributed by atoms with Gasteiger partial charge in [0.1, 0.15) is 0 Å². The summed E-state index contributed by atoms with van der Waals surface area (Å²) in [6.07, 6.45) is 3.29. The van der Waals surface area contributed by atoms with E-state index in [2.05, 4.69) is 31.1 Å². The molecule has 1 N–H and O–H groups in total. The van der Waals surface area contributed by atoms with Crippen LogP contribution in [0, 0.1) is 10.1 Å². The van der Waals surface area contributed by atoms with Gasteiger partial charge in [-0.15, -0.1) is 0 Å². The highest BCUT2D eigenvalue weighted by Gasteiger charge is 2.04. The van der Waals surface area contributed by atoms with Crippen molar-refractivity contribution in [2.24, 2.45) is 0 Å². The summed E-state index contributed by atoms with van der Waals surface area (Å²) < 4.78 is 0. The highest BCUT2D eigenvalue weighted by Crippen LogP contribution is 2.11. The first-order valence-corrected chi connectivity index (χ1v) is 7.65. The number of benzene rings is 1. The lowest BCUT2D eigenvalue weighted by molar-refractivity contribution is -0.384. The van der Waals surface area contributed by atoms with Crippen LogP contribution in [0.25, 0.3) is 0 Å². The van der Waals surface area contributed by atoms with E-state index in [1.54, 1.807) is 12.1 Å². The number of non-ortho nitro benzene ring substituents is 1. The van der Waals surface area contributed by atoms with Crippen molar-refractivity contribution >= 4 is 5.69 Å². The summed E-state index contributed by atoms with van der Waals surface area (Å²) in [7, 11) is 2.16. The molecule has 21 heavy (non-hydrogen) atoms. The van der Waals surface area contributed by atoms with E-state index in [1.165, 1.54) is 12.8 Å². The monoisotopic (exact) mass is 293 g/mol. The van der Waals surface area contributed by atoms with Crippen molar-refractivity contribution in [1.29, 1.82) is 0 Å². The molecule has 1 aromatic carbocycles. The second-order valence-corrected chi connectivity index (χ2v) is 5.71. The van der Waals surface area contributed by atoms with Crippen LogP contribution in [0.15, 0.2) is 24.3 Å². The largest absolute Gasteiger partial charge is 0.316 e. The van der Waals surface area contributed by atoms with Crippen molar-refractivity contribution < 1.29 is 4.92 Å². The Balaban J connectivity index is 2.08. The first kappa shape index (κ1) is 17.6. The molecule has 0 aromatic heterocycles. The van der Waals surface area contributed by atoms with E-state index in [1.807, 2.05) is 12.1 Å². The van der Waals surface area contributed by atoms with Gasteiger partial charge in [0.25, 0.3) is 5.69 Å². The second-order valence-electron chi connectivity index (χ2n) is 5.71. The first-order chi connectivity index (χ1) is 10.0. The van der Waals surface area contributed by atoms with E-state index in [-0.39, 0.29) is 10.6 Å². The molecular weight excluding hydrogens is 266 g/mol. The Morgan fingerprint density at radius 1 is 1.19 bits per heavy atom. The summed E-state index contributed by atoms with van der Waals surface area (Å²) in [5, 5.41) is 14.0. The van der Waals surface area contributed by atoms with Gasteiger partial charge in [-0.1, -0.05) is 12.1 Å². The average Bonchev–Trinajstić information content (AvgIpc) is 2.46. The van der Waals surface area contributed by atoms with Crippen LogP contribution >= 0.6 is 0 Å². The predicted molar refractivity (Wildman–Crippen MR) is 86.7 cm³/mol. The van der Waals surface area contributed by atoms with Gasteiger partial charge in [-0.05, 0) is 65.4 Å². The summed E-state index contributed by atoms with van der Waals surface area (Å²) in [6, 6.07) is 7.41. The first-order valence-electron chi connectivity index (χ1n) is 7.65. The zero-order chi connectivity index (χ0) is 15.7. The fourth-order valence-electron chi connectivity index (χ4n) is 2.01. The lowest BCUT2D eigenvalue weighted by Crippen LogP contribution is -2.28. The molecule has 0 aliphatic carbocycles. The standard InChI is InChI=1S/C16H27N3O2/c1-14(2)18(3)13-5-4-11-17-12-10-15-6-8-16(9-7-15)19(20)21/h6-9,14,17H,4-5,10-13H2,1-3H3. The number of nitrogens with zero attached hydrogens (tertiary/aromatic N) is 2. The fraction of sp³-hybridized carbons (Fsp3) is 0.625. The molecule has 5 heteroatoms. The number of nitro groups is 1. The van der Waals surface area contributed by atoms with Crippen molar-refractivity contribution in [2.75, 3.05) is 26.7 Å². The maximum atomic E-state index is 10.6. The summed E-state index contributed by atoms with van der Waals surface area (Å²) in [6.45, 7) is 7.50. The molecule has 0 heterocycles. The third kappa shape index (κ3) is 7.20. The molecular formula is C16H27N3O2. The van der Waals surface area contributed by atoms with Crippen LogP contribution in [0.4, 0.5) is 5.69 Å². The van der Waals surface area contributed by atoms with Crippen LogP contribution < -0.4 is 5.32 Å². The third-order valence-corrected chi connectivity index (χ3v) is 3.73. The van der Waals surface area contributed by atoms with Crippen molar-refractivity contribution in [2.45, 2.75) is 39.2 Å². The maximum absolute atomic E-state index is 10.6. The van der Waals surface area contributed by atoms with E-state index in [9.17, 15) is 10.1 Å². The highest BCUT2D eigenvalue weighted by molar-refractivity contribution is 5.32. The number of unbranched alkanes of at least 4 members (excludes halogenated alkanes) is 1. The predicted octanol–water partition coefficient (Wildman–Crippen LogP) is 2.85. The van der Waals surface area contributed by atoms with Gasteiger partial charge in [0, 0.05) is 18.2 Å². The van der Waals surface area contributed by atoms with Gasteiger partial charge in [0.05, 0.1) is 4.92 Å². The van der Waals surface area contributed by atoms with Gasteiger partial charge in [-0.25, -0.2) is 0 Å². The molecule has 0 atom stereocenters. The number of nitrogens with one attached hydrogen (secondary N) is 1. The molecule has 118 valence electrons. The Morgan fingerprint density at radius 3 is 2.43 bits per heavy atom. The third-order valence-electron chi connectivity index (χ3n) is 3.73. The van der Waals surface area contributed by atoms with Crippen LogP contribution in [-0.2, 0) is 6.42 Å². The fourth-order valence-corrected chi connectivity index (χ4v) is 2.01. The zero-order valence-electron chi connectivity index (χ0n) is 13.3. The van der Waals surface area contributed by atoms with Gasteiger partial charge < -0.3 is 10.2 Å². The Morgan fingerprint density at radius 2 is 1.86 bits per heavy atom. The van der Waals surface area contributed by atoms with Crippen LogP contribution in [0.2, 0.25) is 0 Å². The quantitative estimate of drug-likeness (QED) is 0.409. The van der Waals surface area contributed by atoms with E-state index >= 15 is 0 Å². The van der Waals surface area contributed by atoms with Gasteiger partial charge in [0.2, 0.25) is 0 Å². The minimum absolute atomic E-state index is 0.154. The van der Waals surface area contributed by atoms with Gasteiger partial charge in [-0.3, -0.25) is 10.1 Å². The summed E-state index contributed by atoms with van der Waals surface area (Å²) in [5.74, 6) is 0. The molecule has 0 amide bonds. The molecule has 0 radical (unpaired) electrons. The lowest BCUT2D eigenvalue weighted by atomic mass is 10.1. The Kier molecular flexibility index (Phi) is 7.93. The van der Waals surface area contributed by atoms with Crippen molar-refractivity contribution in [3.8, 4) is 0 Å². The number of hydrogen-bond acceptors (Lipinski definition) is 4. The molecule has 0 saturated carbocycles. The summed E-state index contributed by atoms with van der Waals surface area (Å²) >= 11 is 0. The Bertz CT molecular complexity index is 418. The molecule has 1 aromatic rings. The van der Waals surface area contributed by atoms with Crippen molar-refractivity contribution in [1.82, 2.24) is 10.2 Å². The van der Waals surface area contributed by atoms with E-state index < -0.39 is 0 Å². The molecule has 0 unspecified atom stereocenters. The maximum Gasteiger partial charge on any atom is 0.269 e. The lowest BCUT2D eigenvalue weighted by Gasteiger charge is -2.20. The minimum atomic E-state index is -0.365. The van der Waals surface area contributed by atoms with Gasteiger partial charge in [0.15, 0.2) is 0 Å². The second kappa shape index (κ2) is 9.47. The van der Waals surface area contributed by atoms with Gasteiger partial charge in [-0.2, -0.15) is 0 Å². The van der Waals surface area contributed by atoms with Crippen LogP contribution in [0.1, 0.15) is 32.3 Å². The minimum Gasteiger partial charge on any atom is -0.316 e. The van der Waals surface area contributed by atoms with E-state index in [0.717, 1.165) is 31.6 Å². The molecule has 0 aliphatic rings. The normalized spacial score (nSPS) is 11.3. The van der Waals surface area contributed by atoms with Crippen molar-refractivity contribution in [3.05, 3.63) is 39.9 Å². The van der Waals surface area contributed by atoms with Crippen molar-refractivity contribution in [3.63, 3.8) is 0 Å². The SMILES string of the molecule is CC(C)N(C)CCCCNCCc1ccc([N+](=O)[O-])cc1. The molecule has 1 rings (SSSR count). The topological polar surface area (TPSA) is 58.4 Å². The van der Waals surface area contributed by atoms with E-state index in [4.69, 9.17) is 0 Å². The zero-order valence-corrected chi connectivity index (χ0v) is 13.3. The van der Waals surface area contributed by atoms with Crippen LogP contribution in [-0.4, -0.2) is 42.5 Å². The summed E-state index contributed by atoms with van der Waals surface area (Å²) in [5.41, 5.74) is 1.29. The molecule has 0 bridgehead atoms. The molecule has 0 saturated heterocycles. The number of hydrogen-bond donors (Lipinski definition) is 1. The molecule has 0 spiro atoms. The van der Waals surface area contributed by atoms with Gasteiger partial charge >= 0.3 is 0 Å². The molecule has 5 nitrogen and oxygen atoms in total. The molecule has 0 aliphatic heterocycles. The number of nitro benzene ring substituents is 1. The van der Waals surface area contributed by atoms with E-state index in [0.29, 0.717) is 6.04 Å². The summed E-state index contributed by atoms with van der Waals surface area (Å²) in [4.78, 5) is 12.5. The smallest absolute Gasteiger partial charge is 0.269 e. The van der Waals surface area contributed by atoms with Crippen LogP contribution in [0.3, 0.4) is 0 Å². The van der Waals surface area contributed by atoms with Crippen LogP contribution in [0.5, 0.6) is 0 Å². The number of rotatable bonds is 10.